The van der Waals surface area contributed by atoms with E-state index in [1.165, 1.54) is 13.8 Å². The van der Waals surface area contributed by atoms with Gasteiger partial charge in [-0.2, -0.15) is 0 Å². The lowest BCUT2D eigenvalue weighted by atomic mass is 9.99. The summed E-state index contributed by atoms with van der Waals surface area (Å²) >= 11 is 0. The predicted molar refractivity (Wildman–Crippen MR) is 295 cm³/mol. The number of nitrogens with one attached hydrogen (secondary N) is 9. The molecule has 1 aromatic rings. The maximum Gasteiger partial charge on any atom is 0.245 e. The Bertz CT molecular complexity index is 2020. The molecule has 0 unspecified atom stereocenters. The van der Waals surface area contributed by atoms with Crippen LogP contribution in [0.15, 0.2) is 30.3 Å². The monoisotopic (exact) mass is 1100 g/mol. The molecule has 0 spiro atoms. The van der Waals surface area contributed by atoms with Crippen LogP contribution in [0.25, 0.3) is 0 Å². The number of carbonyl (C=O) groups is 9. The standard InChI is InChI=1S/C53H94N14O11/c1-32(2)30-41-50(75)63-36(20-8-13-25-54)45(70)62-40(23-11-16-28-57)49(74)67-44(34(4)69)53(78)59-29-17-12-24-38(61-47(72)39(22-10-15-27-56)64-52(77)43(58)33(3)68)46(71)60-37(21-9-14-26-55)48(73)66-42(51(76)65-41)31-35-18-6-5-7-19-35/h5-7,18-19,32-34,36-44,68-69H,8-17,20-31,54-58H2,1-4H3,(H,59,78)(H,60,71)(H,61,72)(H,62,70)(H,63,75)(H,64,77)(H,65,76)(H,66,73)(H,67,74)/t33-,34-,36+,37+,38+,39+,40+,41+,42-,43+,44+/m1/s1. The first-order valence-corrected chi connectivity index (χ1v) is 27.8. The van der Waals surface area contributed by atoms with Crippen molar-refractivity contribution < 1.29 is 53.4 Å². The van der Waals surface area contributed by atoms with Gasteiger partial charge in [0.05, 0.1) is 12.2 Å². The largest absolute Gasteiger partial charge is 0.391 e. The number of carbonyl (C=O) groups excluding carboxylic acids is 9. The lowest BCUT2D eigenvalue weighted by molar-refractivity contribution is -0.136. The van der Waals surface area contributed by atoms with Crippen LogP contribution in [0.4, 0.5) is 0 Å². The van der Waals surface area contributed by atoms with Crippen molar-refractivity contribution in [2.45, 2.75) is 203 Å². The topological polar surface area (TPSA) is 432 Å². The van der Waals surface area contributed by atoms with Crippen LogP contribution >= 0.6 is 0 Å². The van der Waals surface area contributed by atoms with E-state index in [1.54, 1.807) is 30.3 Å². The second-order valence-electron chi connectivity index (χ2n) is 20.7. The SMILES string of the molecule is CC(C)C[C@@H]1NC(=O)[C@@H](Cc2ccccc2)NC(=O)[C@H](CCCCN)NC(=O)[C@@H](NC(=O)[C@H](CCCCN)NC(=O)[C@@H](N)[C@@H](C)O)CCCCNC(=O)[C@H]([C@@H](C)O)NC(=O)[C@H](CCCCN)NC(=O)[C@H](CCCCN)NC1=O. The molecule has 1 saturated heterocycles. The van der Waals surface area contributed by atoms with Crippen LogP contribution in [0.5, 0.6) is 0 Å². The predicted octanol–water partition coefficient (Wildman–Crippen LogP) is -2.94. The molecule has 1 fully saturated rings. The quantitative estimate of drug-likeness (QED) is 0.0413. The Morgan fingerprint density at radius 3 is 1.54 bits per heavy atom. The average Bonchev–Trinajstić information content (AvgIpc) is 3.39. The van der Waals surface area contributed by atoms with E-state index < -0.39 is 120 Å². The highest BCUT2D eigenvalue weighted by atomic mass is 16.3. The minimum absolute atomic E-state index is 0.0250. The summed E-state index contributed by atoms with van der Waals surface area (Å²) in [6.07, 6.45) is 1.54. The Balaban J connectivity index is 2.80. The molecule has 9 amide bonds. The molecule has 1 heterocycles. The average molecular weight is 1100 g/mol. The molecule has 21 N–H and O–H groups in total. The summed E-state index contributed by atoms with van der Waals surface area (Å²) < 4.78 is 0. The van der Waals surface area contributed by atoms with Gasteiger partial charge in [0.2, 0.25) is 53.2 Å². The van der Waals surface area contributed by atoms with Crippen molar-refractivity contribution in [3.8, 4) is 0 Å². The highest BCUT2D eigenvalue weighted by Gasteiger charge is 2.36. The molecule has 442 valence electrons. The Kier molecular flexibility index (Phi) is 33.2. The van der Waals surface area contributed by atoms with Gasteiger partial charge in [0.25, 0.3) is 0 Å². The summed E-state index contributed by atoms with van der Waals surface area (Å²) in [5.41, 5.74) is 29.7. The lowest BCUT2D eigenvalue weighted by Gasteiger charge is -2.29. The van der Waals surface area contributed by atoms with Crippen molar-refractivity contribution in [1.82, 2.24) is 47.9 Å². The van der Waals surface area contributed by atoms with Gasteiger partial charge in [-0.05, 0) is 154 Å². The number of hydrogen-bond donors (Lipinski definition) is 16. The maximum absolute atomic E-state index is 14.6. The van der Waals surface area contributed by atoms with Gasteiger partial charge in [0, 0.05) is 13.0 Å². The zero-order chi connectivity index (χ0) is 58.2. The Morgan fingerprint density at radius 1 is 0.577 bits per heavy atom. The van der Waals surface area contributed by atoms with Crippen molar-refractivity contribution in [3.63, 3.8) is 0 Å². The summed E-state index contributed by atoms with van der Waals surface area (Å²) in [4.78, 5) is 127. The summed E-state index contributed by atoms with van der Waals surface area (Å²) in [6.45, 7) is 7.42. The first kappa shape index (κ1) is 68.3. The van der Waals surface area contributed by atoms with Crippen LogP contribution in [0.2, 0.25) is 0 Å². The Morgan fingerprint density at radius 2 is 1.04 bits per heavy atom. The van der Waals surface area contributed by atoms with E-state index in [4.69, 9.17) is 28.7 Å². The van der Waals surface area contributed by atoms with E-state index >= 15 is 0 Å². The molecule has 2 rings (SSSR count). The van der Waals surface area contributed by atoms with Gasteiger partial charge in [0.1, 0.15) is 54.4 Å². The molecule has 78 heavy (non-hydrogen) atoms. The number of amides is 9. The number of aliphatic hydroxyl groups is 2. The highest BCUT2D eigenvalue weighted by molar-refractivity contribution is 5.98. The molecule has 11 atom stereocenters. The molecule has 0 bridgehead atoms. The van der Waals surface area contributed by atoms with Gasteiger partial charge in [0.15, 0.2) is 0 Å². The van der Waals surface area contributed by atoms with Crippen LogP contribution < -0.4 is 76.5 Å². The number of unbranched alkanes of at least 4 members (excludes halogenated alkanes) is 4. The Hall–Kier alpha value is -5.83. The molecule has 0 aromatic heterocycles. The van der Waals surface area contributed by atoms with Gasteiger partial charge in [-0.15, -0.1) is 0 Å². The zero-order valence-corrected chi connectivity index (χ0v) is 46.3. The van der Waals surface area contributed by atoms with Crippen LogP contribution in [-0.2, 0) is 49.6 Å². The minimum atomic E-state index is -1.49. The Labute approximate surface area is 459 Å². The minimum Gasteiger partial charge on any atom is -0.391 e. The first-order chi connectivity index (χ1) is 37.2. The lowest BCUT2D eigenvalue weighted by Crippen LogP contribution is -2.61. The summed E-state index contributed by atoms with van der Waals surface area (Å²) in [6, 6.07) is -2.92. The molecule has 25 heteroatoms. The number of aliphatic hydroxyl groups excluding tert-OH is 2. The van der Waals surface area contributed by atoms with Crippen LogP contribution in [-0.4, -0.2) is 163 Å². The molecule has 0 saturated carbocycles. The number of nitrogens with two attached hydrogens (primary N) is 5. The van der Waals surface area contributed by atoms with E-state index in [0.717, 1.165) is 0 Å². The molecule has 0 radical (unpaired) electrons. The zero-order valence-electron chi connectivity index (χ0n) is 46.3. The molecule has 1 aromatic carbocycles. The second-order valence-corrected chi connectivity index (χ2v) is 20.7. The molecule has 25 nitrogen and oxygen atoms in total. The third-order valence-corrected chi connectivity index (χ3v) is 13.3. The molecular formula is C53H94N14O11. The van der Waals surface area contributed by atoms with Crippen molar-refractivity contribution in [2.75, 3.05) is 32.7 Å². The van der Waals surface area contributed by atoms with Crippen LogP contribution in [0.3, 0.4) is 0 Å². The van der Waals surface area contributed by atoms with Gasteiger partial charge < -0.3 is 86.7 Å². The smallest absolute Gasteiger partial charge is 0.245 e. The van der Waals surface area contributed by atoms with E-state index in [9.17, 15) is 53.4 Å². The normalized spacial score (nSPS) is 23.5. The third kappa shape index (κ3) is 25.8. The molecule has 1 aliphatic heterocycles. The summed E-state index contributed by atoms with van der Waals surface area (Å²) in [7, 11) is 0. The van der Waals surface area contributed by atoms with Crippen LogP contribution in [0, 0.1) is 5.92 Å². The number of rotatable bonds is 26. The first-order valence-electron chi connectivity index (χ1n) is 27.8. The summed E-state index contributed by atoms with van der Waals surface area (Å²) in [5, 5.41) is 45.3. The van der Waals surface area contributed by atoms with Gasteiger partial charge in [-0.25, -0.2) is 0 Å². The highest BCUT2D eigenvalue weighted by Crippen LogP contribution is 2.14. The van der Waals surface area contributed by atoms with Crippen molar-refractivity contribution in [3.05, 3.63) is 35.9 Å². The summed E-state index contributed by atoms with van der Waals surface area (Å²) in [5.74, 6) is -7.03. The molecule has 1 aliphatic rings. The van der Waals surface area contributed by atoms with Gasteiger partial charge >= 0.3 is 0 Å². The molecular weight excluding hydrogens is 1010 g/mol. The maximum atomic E-state index is 14.6. The van der Waals surface area contributed by atoms with Crippen LogP contribution in [0.1, 0.15) is 136 Å². The molecule has 0 aliphatic carbocycles. The van der Waals surface area contributed by atoms with E-state index in [2.05, 4.69) is 47.9 Å². The van der Waals surface area contributed by atoms with Crippen molar-refractivity contribution in [1.29, 1.82) is 0 Å². The number of hydrogen-bond acceptors (Lipinski definition) is 16. The van der Waals surface area contributed by atoms with Crippen molar-refractivity contribution >= 4 is 53.2 Å². The van der Waals surface area contributed by atoms with Crippen molar-refractivity contribution in [2.24, 2.45) is 34.6 Å². The van der Waals surface area contributed by atoms with E-state index in [1.807, 2.05) is 13.8 Å². The van der Waals surface area contributed by atoms with Gasteiger partial charge in [-0.1, -0.05) is 44.2 Å². The number of benzene rings is 1. The van der Waals surface area contributed by atoms with E-state index in [-0.39, 0.29) is 76.8 Å². The second kappa shape index (κ2) is 37.9. The van der Waals surface area contributed by atoms with Gasteiger partial charge in [-0.3, -0.25) is 43.2 Å². The third-order valence-electron chi connectivity index (χ3n) is 13.3. The van der Waals surface area contributed by atoms with E-state index in [0.29, 0.717) is 76.6 Å². The fourth-order valence-electron chi connectivity index (χ4n) is 8.65. The fourth-order valence-corrected chi connectivity index (χ4v) is 8.65. The fraction of sp³-hybridized carbons (Fsp3) is 0.717.